The molecule has 0 spiro atoms. The highest BCUT2D eigenvalue weighted by atomic mass is 19.1. The summed E-state index contributed by atoms with van der Waals surface area (Å²) in [5.74, 6) is 0.123. The van der Waals surface area contributed by atoms with Crippen molar-refractivity contribution >= 4 is 23.4 Å². The van der Waals surface area contributed by atoms with E-state index in [-0.39, 0.29) is 30.6 Å². The Morgan fingerprint density at radius 1 is 0.821 bits per heavy atom. The van der Waals surface area contributed by atoms with Crippen LogP contribution in [0.5, 0.6) is 0 Å². The standard InChI is InChI=1S/C29H41FN6O3/c30-24-16-23-22(19-36(29(23)39)25-5-6-27(37)32-28(25)38)15-26(24)35-13-11-34(12-14-35)18-21-3-1-20(2-4-21)17-33-9-7-31-8-10-33/h15-16,20-21,25,31H,1-14,17-19H2,(H,32,37,38)/t20-,21-,25?. The van der Waals surface area contributed by atoms with E-state index in [1.54, 1.807) is 6.07 Å². The quantitative estimate of drug-likeness (QED) is 0.528. The van der Waals surface area contributed by atoms with E-state index in [4.69, 9.17) is 0 Å². The predicted octanol–water partition coefficient (Wildman–Crippen LogP) is 1.42. The maximum Gasteiger partial charge on any atom is 0.255 e. The number of carbonyl (C=O) groups is 3. The molecule has 1 aromatic rings. The zero-order chi connectivity index (χ0) is 26.9. The predicted molar refractivity (Wildman–Crippen MR) is 146 cm³/mol. The van der Waals surface area contributed by atoms with Gasteiger partial charge < -0.3 is 20.0 Å². The summed E-state index contributed by atoms with van der Waals surface area (Å²) in [6.45, 7) is 10.6. The Morgan fingerprint density at radius 3 is 2.10 bits per heavy atom. The van der Waals surface area contributed by atoms with Crippen LogP contribution in [0.25, 0.3) is 0 Å². The topological polar surface area (TPSA) is 88.2 Å². The maximum atomic E-state index is 15.2. The molecular weight excluding hydrogens is 499 g/mol. The molecule has 2 N–H and O–H groups in total. The van der Waals surface area contributed by atoms with Crippen molar-refractivity contribution in [3.05, 3.63) is 29.1 Å². The number of hydrogen-bond acceptors (Lipinski definition) is 7. The molecular formula is C29H41FN6O3. The first-order valence-electron chi connectivity index (χ1n) is 14.8. The Labute approximate surface area is 230 Å². The van der Waals surface area contributed by atoms with Crippen LogP contribution >= 0.6 is 0 Å². The summed E-state index contributed by atoms with van der Waals surface area (Å²) in [4.78, 5) is 45.6. The molecule has 0 aromatic heterocycles. The van der Waals surface area contributed by atoms with Crippen molar-refractivity contribution < 1.29 is 18.8 Å². The van der Waals surface area contributed by atoms with Crippen LogP contribution in [0, 0.1) is 17.7 Å². The SMILES string of the molecule is O=C1CCC(N2Cc3cc(N4CCN(C[C@H]5CC[C@H](CN6CCNCC6)CC5)CC4)c(F)cc3C2=O)C(=O)N1. The van der Waals surface area contributed by atoms with Gasteiger partial charge in [-0.05, 0) is 61.6 Å². The minimum absolute atomic E-state index is 0.207. The van der Waals surface area contributed by atoms with Gasteiger partial charge in [0.05, 0.1) is 5.69 Å². The molecule has 1 aliphatic carbocycles. The highest BCUT2D eigenvalue weighted by molar-refractivity contribution is 6.05. The van der Waals surface area contributed by atoms with Crippen LogP contribution in [0.2, 0.25) is 0 Å². The Balaban J connectivity index is 0.995. The van der Waals surface area contributed by atoms with E-state index in [1.807, 2.05) is 0 Å². The molecule has 3 saturated heterocycles. The number of hydrogen-bond donors (Lipinski definition) is 2. The van der Waals surface area contributed by atoms with Crippen LogP contribution in [-0.2, 0) is 16.1 Å². The van der Waals surface area contributed by atoms with Crippen molar-refractivity contribution in [3.8, 4) is 0 Å². The molecule has 1 aromatic carbocycles. The third-order valence-corrected chi connectivity index (χ3v) is 9.51. The first kappa shape index (κ1) is 26.7. The molecule has 4 heterocycles. The zero-order valence-electron chi connectivity index (χ0n) is 22.8. The van der Waals surface area contributed by atoms with E-state index < -0.39 is 11.9 Å². The molecule has 39 heavy (non-hydrogen) atoms. The molecule has 4 fully saturated rings. The van der Waals surface area contributed by atoms with Gasteiger partial charge in [0.1, 0.15) is 11.9 Å². The van der Waals surface area contributed by atoms with Crippen molar-refractivity contribution in [1.82, 2.24) is 25.3 Å². The Kier molecular flexibility index (Phi) is 7.86. The lowest BCUT2D eigenvalue weighted by molar-refractivity contribution is -0.136. The maximum absolute atomic E-state index is 15.2. The van der Waals surface area contributed by atoms with Gasteiger partial charge in [0, 0.05) is 84.0 Å². The monoisotopic (exact) mass is 540 g/mol. The molecule has 1 unspecified atom stereocenters. The molecule has 0 bridgehead atoms. The third kappa shape index (κ3) is 5.83. The normalized spacial score (nSPS) is 29.1. The van der Waals surface area contributed by atoms with Gasteiger partial charge in [0.15, 0.2) is 0 Å². The summed E-state index contributed by atoms with van der Waals surface area (Å²) < 4.78 is 15.2. The fourth-order valence-electron chi connectivity index (χ4n) is 7.21. The van der Waals surface area contributed by atoms with E-state index in [2.05, 4.69) is 25.3 Å². The van der Waals surface area contributed by atoms with Crippen molar-refractivity contribution in [2.75, 3.05) is 70.3 Å². The lowest BCUT2D eigenvalue weighted by atomic mass is 9.81. The number of nitrogens with one attached hydrogen (secondary N) is 2. The van der Waals surface area contributed by atoms with Gasteiger partial charge in [0.25, 0.3) is 5.91 Å². The summed E-state index contributed by atoms with van der Waals surface area (Å²) in [6, 6.07) is 2.45. The molecule has 9 nitrogen and oxygen atoms in total. The molecule has 4 aliphatic heterocycles. The second-order valence-corrected chi connectivity index (χ2v) is 12.1. The first-order chi connectivity index (χ1) is 18.9. The largest absolute Gasteiger partial charge is 0.367 e. The lowest BCUT2D eigenvalue weighted by Crippen LogP contribution is -2.52. The summed E-state index contributed by atoms with van der Waals surface area (Å²) in [6.07, 6.45) is 5.81. The van der Waals surface area contributed by atoms with Gasteiger partial charge in [-0.2, -0.15) is 0 Å². The second-order valence-electron chi connectivity index (χ2n) is 12.1. The molecule has 6 rings (SSSR count). The molecule has 10 heteroatoms. The summed E-state index contributed by atoms with van der Waals surface area (Å²) in [5, 5.41) is 5.76. The van der Waals surface area contributed by atoms with E-state index >= 15 is 4.39 Å². The van der Waals surface area contributed by atoms with Crippen molar-refractivity contribution in [1.29, 1.82) is 0 Å². The van der Waals surface area contributed by atoms with E-state index in [0.29, 0.717) is 17.7 Å². The fourth-order valence-corrected chi connectivity index (χ4v) is 7.21. The van der Waals surface area contributed by atoms with Gasteiger partial charge in [-0.3, -0.25) is 24.6 Å². The van der Waals surface area contributed by atoms with Crippen LogP contribution in [-0.4, -0.2) is 104 Å². The van der Waals surface area contributed by atoms with Gasteiger partial charge >= 0.3 is 0 Å². The fraction of sp³-hybridized carbons (Fsp3) is 0.690. The summed E-state index contributed by atoms with van der Waals surface area (Å²) >= 11 is 0. The molecule has 1 atom stereocenters. The molecule has 212 valence electrons. The Morgan fingerprint density at radius 2 is 1.46 bits per heavy atom. The number of benzene rings is 1. The van der Waals surface area contributed by atoms with E-state index in [9.17, 15) is 14.4 Å². The number of fused-ring (bicyclic) bond motifs is 1. The highest BCUT2D eigenvalue weighted by Gasteiger charge is 2.40. The molecule has 5 aliphatic rings. The highest BCUT2D eigenvalue weighted by Crippen LogP contribution is 2.34. The van der Waals surface area contributed by atoms with Gasteiger partial charge in [-0.1, -0.05) is 0 Å². The Bertz CT molecular complexity index is 1090. The number of anilines is 1. The van der Waals surface area contributed by atoms with Gasteiger partial charge in [-0.15, -0.1) is 0 Å². The van der Waals surface area contributed by atoms with Crippen LogP contribution in [0.15, 0.2) is 12.1 Å². The van der Waals surface area contributed by atoms with Gasteiger partial charge in [-0.25, -0.2) is 4.39 Å². The minimum Gasteiger partial charge on any atom is -0.367 e. The van der Waals surface area contributed by atoms with Gasteiger partial charge in [0.2, 0.25) is 11.8 Å². The smallest absolute Gasteiger partial charge is 0.255 e. The molecule has 3 amide bonds. The van der Waals surface area contributed by atoms with E-state index in [1.165, 1.54) is 56.3 Å². The van der Waals surface area contributed by atoms with Crippen LogP contribution in [0.4, 0.5) is 10.1 Å². The van der Waals surface area contributed by atoms with Crippen molar-refractivity contribution in [3.63, 3.8) is 0 Å². The van der Waals surface area contributed by atoms with Crippen LogP contribution in [0.3, 0.4) is 0 Å². The first-order valence-corrected chi connectivity index (χ1v) is 14.8. The van der Waals surface area contributed by atoms with Crippen LogP contribution in [0.1, 0.15) is 54.4 Å². The number of piperazine rings is 2. The number of piperidine rings is 1. The second kappa shape index (κ2) is 11.5. The summed E-state index contributed by atoms with van der Waals surface area (Å²) in [7, 11) is 0. The Hall–Kier alpha value is -2.56. The van der Waals surface area contributed by atoms with E-state index in [0.717, 1.165) is 63.2 Å². The third-order valence-electron chi connectivity index (χ3n) is 9.51. The average Bonchev–Trinajstić information content (AvgIpc) is 3.25. The summed E-state index contributed by atoms with van der Waals surface area (Å²) in [5.41, 5.74) is 1.62. The minimum atomic E-state index is -0.685. The molecule has 1 saturated carbocycles. The van der Waals surface area contributed by atoms with Crippen molar-refractivity contribution in [2.24, 2.45) is 11.8 Å². The number of amides is 3. The average molecular weight is 541 g/mol. The lowest BCUT2D eigenvalue weighted by Gasteiger charge is -2.40. The number of nitrogens with zero attached hydrogens (tertiary/aromatic N) is 4. The van der Waals surface area contributed by atoms with Crippen LogP contribution < -0.4 is 15.5 Å². The number of halogens is 1. The number of rotatable bonds is 6. The number of imide groups is 1. The van der Waals surface area contributed by atoms with Crippen molar-refractivity contribution in [2.45, 2.75) is 51.1 Å². The zero-order valence-corrected chi connectivity index (χ0v) is 22.8. The number of carbonyl (C=O) groups excluding carboxylic acids is 3. The molecule has 0 radical (unpaired) electrons.